The van der Waals surface area contributed by atoms with Crippen molar-refractivity contribution in [1.82, 2.24) is 9.55 Å². The molecule has 6 heteroatoms. The Hall–Kier alpha value is -1.95. The number of carbonyl (C=O) groups excluding carboxylic acids is 1. The van der Waals surface area contributed by atoms with Gasteiger partial charge in [-0.15, -0.1) is 0 Å². The van der Waals surface area contributed by atoms with E-state index in [1.807, 2.05) is 6.20 Å². The summed E-state index contributed by atoms with van der Waals surface area (Å²) in [6, 6.07) is 4.52. The number of thioether (sulfide) groups is 1. The van der Waals surface area contributed by atoms with Crippen LogP contribution in [0, 0.1) is 0 Å². The minimum absolute atomic E-state index is 0.0593. The van der Waals surface area contributed by atoms with Crippen LogP contribution in [0.25, 0.3) is 0 Å². The van der Waals surface area contributed by atoms with Gasteiger partial charge in [0.1, 0.15) is 11.5 Å². The summed E-state index contributed by atoms with van der Waals surface area (Å²) < 4.78 is 2.09. The number of nitrogens with zero attached hydrogens (tertiary/aromatic N) is 2. The zero-order chi connectivity index (χ0) is 14.1. The topological polar surface area (TPSA) is 75.4 Å². The number of hydrogen-bond acceptors (Lipinski definition) is 5. The highest BCUT2D eigenvalue weighted by Gasteiger charge is 2.25. The van der Waals surface area contributed by atoms with Gasteiger partial charge in [-0.05, 0) is 25.0 Å². The third-order valence-electron chi connectivity index (χ3n) is 3.19. The predicted molar refractivity (Wildman–Crippen MR) is 75.3 cm³/mol. The summed E-state index contributed by atoms with van der Waals surface area (Å²) in [7, 11) is 0. The van der Waals surface area contributed by atoms with Crippen LogP contribution >= 0.6 is 11.8 Å². The van der Waals surface area contributed by atoms with E-state index in [4.69, 9.17) is 0 Å². The second-order valence-corrected chi connectivity index (χ2v) is 5.70. The Morgan fingerprint density at radius 3 is 2.90 bits per heavy atom. The first-order chi connectivity index (χ1) is 9.65. The molecule has 0 atom stereocenters. The lowest BCUT2D eigenvalue weighted by Gasteiger charge is -2.06. The lowest BCUT2D eigenvalue weighted by molar-refractivity contribution is 0.102. The second kappa shape index (κ2) is 5.20. The van der Waals surface area contributed by atoms with Crippen molar-refractivity contribution in [1.29, 1.82) is 0 Å². The van der Waals surface area contributed by atoms with E-state index in [1.54, 1.807) is 6.20 Å². The highest BCUT2D eigenvalue weighted by molar-refractivity contribution is 7.99. The Kier molecular flexibility index (Phi) is 3.40. The molecule has 1 aliphatic carbocycles. The molecule has 1 heterocycles. The van der Waals surface area contributed by atoms with Crippen molar-refractivity contribution in [3.05, 3.63) is 36.2 Å². The molecule has 0 radical (unpaired) electrons. The highest BCUT2D eigenvalue weighted by atomic mass is 32.2. The number of benzene rings is 1. The molecule has 1 aromatic carbocycles. The third kappa shape index (κ3) is 2.65. The minimum Gasteiger partial charge on any atom is -0.508 e. The Balaban J connectivity index is 1.68. The van der Waals surface area contributed by atoms with Gasteiger partial charge in [0.15, 0.2) is 10.9 Å². The molecule has 1 fully saturated rings. The lowest BCUT2D eigenvalue weighted by atomic mass is 10.1. The Bertz CT molecular complexity index is 650. The van der Waals surface area contributed by atoms with Gasteiger partial charge < -0.3 is 14.8 Å². The number of hydrogen-bond donors (Lipinski definition) is 2. The molecule has 1 saturated carbocycles. The Labute approximate surface area is 120 Å². The van der Waals surface area contributed by atoms with Crippen LogP contribution < -0.4 is 0 Å². The number of aromatic nitrogens is 2. The van der Waals surface area contributed by atoms with E-state index in [0.29, 0.717) is 6.04 Å². The van der Waals surface area contributed by atoms with Gasteiger partial charge in [-0.2, -0.15) is 0 Å². The minimum atomic E-state index is -0.193. The molecule has 3 rings (SSSR count). The maximum absolute atomic E-state index is 12.1. The van der Waals surface area contributed by atoms with Crippen LogP contribution in [0.3, 0.4) is 0 Å². The molecule has 1 aromatic heterocycles. The van der Waals surface area contributed by atoms with Crippen LogP contribution in [0.4, 0.5) is 0 Å². The number of ketones is 1. The highest BCUT2D eigenvalue weighted by Crippen LogP contribution is 2.37. The van der Waals surface area contributed by atoms with E-state index in [0.717, 1.165) is 18.0 Å². The average Bonchev–Trinajstić information content (AvgIpc) is 3.15. The fraction of sp³-hybridized carbons (Fsp3) is 0.286. The number of imidazole rings is 1. The van der Waals surface area contributed by atoms with Crippen molar-refractivity contribution in [2.45, 2.75) is 24.0 Å². The van der Waals surface area contributed by atoms with Crippen molar-refractivity contribution in [2.24, 2.45) is 0 Å². The van der Waals surface area contributed by atoms with E-state index < -0.39 is 0 Å². The van der Waals surface area contributed by atoms with Gasteiger partial charge in [0.2, 0.25) is 0 Å². The summed E-state index contributed by atoms with van der Waals surface area (Å²) in [4.78, 5) is 16.3. The summed E-state index contributed by atoms with van der Waals surface area (Å²) in [5, 5.41) is 19.7. The first-order valence-electron chi connectivity index (χ1n) is 6.36. The lowest BCUT2D eigenvalue weighted by Crippen LogP contribution is -2.04. The van der Waals surface area contributed by atoms with Gasteiger partial charge in [-0.3, -0.25) is 4.79 Å². The van der Waals surface area contributed by atoms with Gasteiger partial charge in [0.05, 0.1) is 11.3 Å². The fourth-order valence-electron chi connectivity index (χ4n) is 2.01. The standard InChI is InChI=1S/C14H14N2O3S/c17-10-3-4-11(12(18)7-10)13(19)8-20-14-15-5-6-16(14)9-1-2-9/h3-7,9,17-18H,1-2,8H2. The molecule has 0 aliphatic heterocycles. The van der Waals surface area contributed by atoms with E-state index in [-0.39, 0.29) is 28.6 Å². The van der Waals surface area contributed by atoms with E-state index in [2.05, 4.69) is 9.55 Å². The molecule has 104 valence electrons. The molecule has 5 nitrogen and oxygen atoms in total. The van der Waals surface area contributed by atoms with Crippen LogP contribution in [0.5, 0.6) is 11.5 Å². The predicted octanol–water partition coefficient (Wildman–Crippen LogP) is 2.60. The second-order valence-electron chi connectivity index (χ2n) is 4.76. The maximum atomic E-state index is 12.1. The molecule has 0 amide bonds. The van der Waals surface area contributed by atoms with Crippen molar-refractivity contribution in [2.75, 3.05) is 5.75 Å². The van der Waals surface area contributed by atoms with Crippen LogP contribution in [-0.4, -0.2) is 31.3 Å². The molecule has 0 spiro atoms. The quantitative estimate of drug-likeness (QED) is 0.654. The molecule has 0 bridgehead atoms. The van der Waals surface area contributed by atoms with E-state index in [1.165, 1.54) is 30.0 Å². The molecule has 2 N–H and O–H groups in total. The zero-order valence-electron chi connectivity index (χ0n) is 10.7. The van der Waals surface area contributed by atoms with Crippen LogP contribution in [0.1, 0.15) is 29.2 Å². The zero-order valence-corrected chi connectivity index (χ0v) is 11.5. The SMILES string of the molecule is O=C(CSc1nccn1C1CC1)c1ccc(O)cc1O. The summed E-state index contributed by atoms with van der Waals surface area (Å²) in [6.45, 7) is 0. The van der Waals surface area contributed by atoms with Gasteiger partial charge in [-0.25, -0.2) is 4.98 Å². The normalized spacial score (nSPS) is 14.4. The molecular weight excluding hydrogens is 276 g/mol. The molecular formula is C14H14N2O3S. The van der Waals surface area contributed by atoms with Crippen molar-refractivity contribution < 1.29 is 15.0 Å². The van der Waals surface area contributed by atoms with Crippen molar-refractivity contribution in [3.63, 3.8) is 0 Å². The Morgan fingerprint density at radius 2 is 2.20 bits per heavy atom. The van der Waals surface area contributed by atoms with E-state index >= 15 is 0 Å². The first-order valence-corrected chi connectivity index (χ1v) is 7.34. The Morgan fingerprint density at radius 1 is 1.40 bits per heavy atom. The van der Waals surface area contributed by atoms with Gasteiger partial charge >= 0.3 is 0 Å². The monoisotopic (exact) mass is 290 g/mol. The third-order valence-corrected chi connectivity index (χ3v) is 4.17. The number of aromatic hydroxyl groups is 2. The number of carbonyl (C=O) groups is 1. The fourth-order valence-corrected chi connectivity index (χ4v) is 2.92. The van der Waals surface area contributed by atoms with Crippen molar-refractivity contribution >= 4 is 17.5 Å². The number of rotatable bonds is 5. The molecule has 2 aromatic rings. The first kappa shape index (κ1) is 13.1. The number of phenolic OH excluding ortho intramolecular Hbond substituents is 2. The average molecular weight is 290 g/mol. The van der Waals surface area contributed by atoms with Crippen LogP contribution in [-0.2, 0) is 0 Å². The van der Waals surface area contributed by atoms with Gasteiger partial charge in [-0.1, -0.05) is 11.8 Å². The number of Topliss-reactive ketones (excluding diaryl/α,β-unsaturated/α-hetero) is 1. The van der Waals surface area contributed by atoms with Crippen LogP contribution in [0.15, 0.2) is 35.7 Å². The maximum Gasteiger partial charge on any atom is 0.176 e. The van der Waals surface area contributed by atoms with Gasteiger partial charge in [0, 0.05) is 24.5 Å². The number of phenols is 2. The smallest absolute Gasteiger partial charge is 0.176 e. The largest absolute Gasteiger partial charge is 0.508 e. The molecule has 20 heavy (non-hydrogen) atoms. The molecule has 0 unspecified atom stereocenters. The molecule has 0 saturated heterocycles. The van der Waals surface area contributed by atoms with Crippen molar-refractivity contribution in [3.8, 4) is 11.5 Å². The molecule has 1 aliphatic rings. The summed E-state index contributed by atoms with van der Waals surface area (Å²) >= 11 is 1.37. The summed E-state index contributed by atoms with van der Waals surface area (Å²) in [5.41, 5.74) is 0.222. The van der Waals surface area contributed by atoms with Gasteiger partial charge in [0.25, 0.3) is 0 Å². The van der Waals surface area contributed by atoms with E-state index in [9.17, 15) is 15.0 Å². The summed E-state index contributed by atoms with van der Waals surface area (Å²) in [5.74, 6) is -0.225. The van der Waals surface area contributed by atoms with Crippen LogP contribution in [0.2, 0.25) is 0 Å². The summed E-state index contributed by atoms with van der Waals surface area (Å²) in [6.07, 6.45) is 6.00.